The molecule has 1 aromatic heterocycles. The number of rotatable bonds is 5. The average Bonchev–Trinajstić information content (AvgIpc) is 2.81. The second kappa shape index (κ2) is 5.85. The van der Waals surface area contributed by atoms with E-state index in [2.05, 4.69) is 0 Å². The van der Waals surface area contributed by atoms with Gasteiger partial charge in [0.05, 0.1) is 12.8 Å². The summed E-state index contributed by atoms with van der Waals surface area (Å²) in [5.41, 5.74) is 1.08. The van der Waals surface area contributed by atoms with Crippen LogP contribution in [0.5, 0.6) is 0 Å². The largest absolute Gasteiger partial charge is 0.461 e. The summed E-state index contributed by atoms with van der Waals surface area (Å²) in [7, 11) is 1.89. The molecule has 0 unspecified atom stereocenters. The molecule has 2 rings (SSSR count). The number of carbonyl (C=O) groups excluding carboxylic acids is 1. The number of halogens is 1. The Labute approximate surface area is 111 Å². The van der Waals surface area contributed by atoms with E-state index in [0.717, 1.165) is 5.56 Å². The topological polar surface area (TPSA) is 33.5 Å². The molecule has 1 heterocycles. The summed E-state index contributed by atoms with van der Waals surface area (Å²) in [6, 6.07) is 11.0. The summed E-state index contributed by atoms with van der Waals surface area (Å²) in [5.74, 6) is 0.373. The van der Waals surface area contributed by atoms with E-state index in [9.17, 15) is 4.79 Å². The molecule has 0 spiro atoms. The van der Waals surface area contributed by atoms with Gasteiger partial charge in [0.15, 0.2) is 5.76 Å². The second-order valence-electron chi connectivity index (χ2n) is 4.20. The number of carbonyl (C=O) groups is 1. The summed E-state index contributed by atoms with van der Waals surface area (Å²) in [6.45, 7) is 0.993. The molecule has 0 aliphatic rings. The van der Waals surface area contributed by atoms with Crippen LogP contribution in [0.2, 0.25) is 5.02 Å². The van der Waals surface area contributed by atoms with E-state index in [4.69, 9.17) is 16.0 Å². The Morgan fingerprint density at radius 3 is 2.83 bits per heavy atom. The molecule has 0 atom stereocenters. The number of hydrogen-bond donors (Lipinski definition) is 0. The molecule has 0 saturated carbocycles. The molecule has 0 fully saturated rings. The SMILES string of the molecule is CN(CC(=O)c1ccco1)Cc1cccc(Cl)c1. The lowest BCUT2D eigenvalue weighted by molar-refractivity contribution is 0.0915. The van der Waals surface area contributed by atoms with Crippen molar-refractivity contribution in [3.63, 3.8) is 0 Å². The minimum absolute atomic E-state index is 0.0236. The van der Waals surface area contributed by atoms with Crippen molar-refractivity contribution in [1.82, 2.24) is 4.90 Å². The standard InChI is InChI=1S/C14H14ClNO2/c1-16(9-11-4-2-5-12(15)8-11)10-13(17)14-6-3-7-18-14/h2-8H,9-10H2,1H3. The normalized spacial score (nSPS) is 10.8. The van der Waals surface area contributed by atoms with Crippen LogP contribution in [0.3, 0.4) is 0 Å². The van der Waals surface area contributed by atoms with Crippen molar-refractivity contribution in [2.75, 3.05) is 13.6 Å². The number of Topliss-reactive ketones (excluding diaryl/α,β-unsaturated/α-hetero) is 1. The van der Waals surface area contributed by atoms with Crippen molar-refractivity contribution >= 4 is 17.4 Å². The third-order valence-corrected chi connectivity index (χ3v) is 2.79. The van der Waals surface area contributed by atoms with Gasteiger partial charge in [-0.15, -0.1) is 0 Å². The molecule has 0 aliphatic carbocycles. The maximum atomic E-state index is 11.8. The van der Waals surface area contributed by atoms with Crippen molar-refractivity contribution < 1.29 is 9.21 Å². The molecule has 0 radical (unpaired) electrons. The molecule has 0 bridgehead atoms. The predicted molar refractivity (Wildman–Crippen MR) is 70.8 cm³/mol. The van der Waals surface area contributed by atoms with E-state index in [0.29, 0.717) is 23.9 Å². The third kappa shape index (κ3) is 3.45. The Bertz CT molecular complexity index is 522. The Morgan fingerprint density at radius 2 is 2.17 bits per heavy atom. The van der Waals surface area contributed by atoms with Crippen LogP contribution >= 0.6 is 11.6 Å². The number of hydrogen-bond acceptors (Lipinski definition) is 3. The van der Waals surface area contributed by atoms with Crippen molar-refractivity contribution in [2.24, 2.45) is 0 Å². The van der Waals surface area contributed by atoms with Gasteiger partial charge in [0.25, 0.3) is 0 Å². The van der Waals surface area contributed by atoms with Crippen molar-refractivity contribution in [3.8, 4) is 0 Å². The lowest BCUT2D eigenvalue weighted by atomic mass is 10.2. The lowest BCUT2D eigenvalue weighted by Crippen LogP contribution is -2.25. The van der Waals surface area contributed by atoms with Crippen molar-refractivity contribution in [2.45, 2.75) is 6.54 Å². The molecule has 0 amide bonds. The van der Waals surface area contributed by atoms with Crippen LogP contribution in [0.15, 0.2) is 47.1 Å². The maximum absolute atomic E-state index is 11.8. The summed E-state index contributed by atoms with van der Waals surface area (Å²) in [6.07, 6.45) is 1.50. The Morgan fingerprint density at radius 1 is 1.33 bits per heavy atom. The summed E-state index contributed by atoms with van der Waals surface area (Å²) in [4.78, 5) is 13.7. The highest BCUT2D eigenvalue weighted by Gasteiger charge is 2.11. The average molecular weight is 264 g/mol. The summed E-state index contributed by atoms with van der Waals surface area (Å²) < 4.78 is 5.07. The van der Waals surface area contributed by atoms with Gasteiger partial charge in [-0.1, -0.05) is 23.7 Å². The zero-order chi connectivity index (χ0) is 13.0. The van der Waals surface area contributed by atoms with Gasteiger partial charge in [0, 0.05) is 11.6 Å². The maximum Gasteiger partial charge on any atom is 0.211 e. The first-order valence-corrected chi connectivity index (χ1v) is 6.02. The van der Waals surface area contributed by atoms with Crippen LogP contribution in [0, 0.1) is 0 Å². The van der Waals surface area contributed by atoms with Crippen LogP contribution in [-0.4, -0.2) is 24.3 Å². The first-order valence-electron chi connectivity index (χ1n) is 5.65. The van der Waals surface area contributed by atoms with Crippen LogP contribution < -0.4 is 0 Å². The Kier molecular flexibility index (Phi) is 4.18. The molecular formula is C14H14ClNO2. The molecule has 3 nitrogen and oxygen atoms in total. The number of nitrogens with zero attached hydrogens (tertiary/aromatic N) is 1. The first kappa shape index (κ1) is 12.9. The fourth-order valence-corrected chi connectivity index (χ4v) is 1.98. The third-order valence-electron chi connectivity index (χ3n) is 2.55. The van der Waals surface area contributed by atoms with Crippen LogP contribution in [-0.2, 0) is 6.54 Å². The minimum atomic E-state index is -0.0236. The van der Waals surface area contributed by atoms with E-state index in [1.807, 2.05) is 36.2 Å². The molecule has 1 aromatic carbocycles. The number of benzene rings is 1. The quantitative estimate of drug-likeness (QED) is 0.777. The van der Waals surface area contributed by atoms with Gasteiger partial charge in [-0.25, -0.2) is 0 Å². The highest BCUT2D eigenvalue weighted by molar-refractivity contribution is 6.30. The van der Waals surface area contributed by atoms with E-state index in [-0.39, 0.29) is 5.78 Å². The zero-order valence-electron chi connectivity index (χ0n) is 10.1. The predicted octanol–water partition coefficient (Wildman–Crippen LogP) is 3.25. The highest BCUT2D eigenvalue weighted by atomic mass is 35.5. The van der Waals surface area contributed by atoms with Crippen molar-refractivity contribution in [3.05, 3.63) is 59.0 Å². The summed E-state index contributed by atoms with van der Waals surface area (Å²) in [5, 5.41) is 0.707. The van der Waals surface area contributed by atoms with Gasteiger partial charge in [-0.3, -0.25) is 9.69 Å². The fourth-order valence-electron chi connectivity index (χ4n) is 1.76. The highest BCUT2D eigenvalue weighted by Crippen LogP contribution is 2.12. The van der Waals surface area contributed by atoms with Gasteiger partial charge < -0.3 is 4.42 Å². The van der Waals surface area contributed by atoms with Crippen LogP contribution in [0.4, 0.5) is 0 Å². The molecular weight excluding hydrogens is 250 g/mol. The van der Waals surface area contributed by atoms with E-state index in [1.54, 1.807) is 12.1 Å². The first-order chi connectivity index (χ1) is 8.65. The van der Waals surface area contributed by atoms with Crippen LogP contribution in [0.1, 0.15) is 16.1 Å². The van der Waals surface area contributed by atoms with E-state index in [1.165, 1.54) is 6.26 Å². The monoisotopic (exact) mass is 263 g/mol. The van der Waals surface area contributed by atoms with Gasteiger partial charge >= 0.3 is 0 Å². The molecule has 0 aliphatic heterocycles. The minimum Gasteiger partial charge on any atom is -0.461 e. The molecule has 2 aromatic rings. The van der Waals surface area contributed by atoms with Gasteiger partial charge in [0.2, 0.25) is 5.78 Å². The van der Waals surface area contributed by atoms with E-state index >= 15 is 0 Å². The fraction of sp³-hybridized carbons (Fsp3) is 0.214. The molecule has 0 saturated heterocycles. The van der Waals surface area contributed by atoms with Crippen LogP contribution in [0.25, 0.3) is 0 Å². The van der Waals surface area contributed by atoms with Gasteiger partial charge in [0.1, 0.15) is 0 Å². The molecule has 4 heteroatoms. The number of furan rings is 1. The molecule has 18 heavy (non-hydrogen) atoms. The second-order valence-corrected chi connectivity index (χ2v) is 4.64. The van der Waals surface area contributed by atoms with Gasteiger partial charge in [-0.05, 0) is 36.9 Å². The molecule has 0 N–H and O–H groups in total. The van der Waals surface area contributed by atoms with Gasteiger partial charge in [-0.2, -0.15) is 0 Å². The summed E-state index contributed by atoms with van der Waals surface area (Å²) >= 11 is 5.91. The van der Waals surface area contributed by atoms with E-state index < -0.39 is 0 Å². The number of likely N-dealkylation sites (N-methyl/N-ethyl adjacent to an activating group) is 1. The smallest absolute Gasteiger partial charge is 0.211 e. The number of ketones is 1. The Balaban J connectivity index is 1.93. The van der Waals surface area contributed by atoms with Crippen molar-refractivity contribution in [1.29, 1.82) is 0 Å². The Hall–Kier alpha value is -1.58. The molecule has 94 valence electrons. The lowest BCUT2D eigenvalue weighted by Gasteiger charge is -2.15. The zero-order valence-corrected chi connectivity index (χ0v) is 10.9.